The zero-order chi connectivity index (χ0) is 20.2. The molecule has 1 unspecified atom stereocenters. The first-order chi connectivity index (χ1) is 14.2. The summed E-state index contributed by atoms with van der Waals surface area (Å²) in [7, 11) is 0. The Morgan fingerprint density at radius 1 is 1.07 bits per heavy atom. The average molecular weight is 391 g/mol. The van der Waals surface area contributed by atoms with Crippen molar-refractivity contribution in [3.63, 3.8) is 0 Å². The molecule has 0 saturated carbocycles. The molecule has 0 radical (unpaired) electrons. The maximum Gasteiger partial charge on any atom is 0.338 e. The van der Waals surface area contributed by atoms with Gasteiger partial charge in [0.15, 0.2) is 0 Å². The summed E-state index contributed by atoms with van der Waals surface area (Å²) in [5.41, 5.74) is 3.67. The van der Waals surface area contributed by atoms with Crippen molar-refractivity contribution in [2.45, 2.75) is 25.8 Å². The number of ether oxygens (including phenoxy) is 1. The third-order valence-electron chi connectivity index (χ3n) is 5.33. The van der Waals surface area contributed by atoms with E-state index in [2.05, 4.69) is 27.7 Å². The van der Waals surface area contributed by atoms with Crippen LogP contribution in [0.15, 0.2) is 60.2 Å². The van der Waals surface area contributed by atoms with Crippen molar-refractivity contribution in [2.75, 3.05) is 24.6 Å². The van der Waals surface area contributed by atoms with E-state index in [4.69, 9.17) is 4.74 Å². The molecule has 1 atom stereocenters. The minimum absolute atomic E-state index is 0.263. The van der Waals surface area contributed by atoms with Crippen LogP contribution in [0.4, 0.5) is 10.5 Å². The van der Waals surface area contributed by atoms with Crippen LogP contribution in [-0.4, -0.2) is 31.7 Å². The SMILES string of the molecule is CCOC(=O)C1=C(c2ccccc2)NC(=O)NC1c1ccc(N2CCCC2)cc1. The van der Waals surface area contributed by atoms with Gasteiger partial charge in [-0.05, 0) is 43.0 Å². The molecule has 0 bridgehead atoms. The highest BCUT2D eigenvalue weighted by molar-refractivity contribution is 6.04. The van der Waals surface area contributed by atoms with Crippen LogP contribution in [0.2, 0.25) is 0 Å². The van der Waals surface area contributed by atoms with E-state index >= 15 is 0 Å². The number of amides is 2. The highest BCUT2D eigenvalue weighted by Gasteiger charge is 2.34. The molecule has 2 aliphatic rings. The number of esters is 1. The van der Waals surface area contributed by atoms with Crippen molar-refractivity contribution < 1.29 is 14.3 Å². The van der Waals surface area contributed by atoms with Gasteiger partial charge in [-0.2, -0.15) is 0 Å². The van der Waals surface area contributed by atoms with Gasteiger partial charge in [0.25, 0.3) is 0 Å². The number of urea groups is 1. The minimum atomic E-state index is -0.578. The molecule has 29 heavy (non-hydrogen) atoms. The van der Waals surface area contributed by atoms with E-state index in [1.807, 2.05) is 42.5 Å². The lowest BCUT2D eigenvalue weighted by Crippen LogP contribution is -2.45. The Bertz CT molecular complexity index is 916. The largest absolute Gasteiger partial charge is 0.463 e. The zero-order valence-electron chi connectivity index (χ0n) is 16.5. The van der Waals surface area contributed by atoms with Crippen molar-refractivity contribution in [1.29, 1.82) is 0 Å². The number of carbonyl (C=O) groups excluding carboxylic acids is 2. The molecule has 2 aromatic rings. The summed E-state index contributed by atoms with van der Waals surface area (Å²) in [6.07, 6.45) is 2.42. The summed E-state index contributed by atoms with van der Waals surface area (Å²) in [4.78, 5) is 27.6. The predicted molar refractivity (Wildman–Crippen MR) is 112 cm³/mol. The van der Waals surface area contributed by atoms with Crippen LogP contribution >= 0.6 is 0 Å². The lowest BCUT2D eigenvalue weighted by molar-refractivity contribution is -0.138. The number of carbonyl (C=O) groups is 2. The number of nitrogens with zero attached hydrogens (tertiary/aromatic N) is 1. The Kier molecular flexibility index (Phi) is 5.51. The molecule has 2 aliphatic heterocycles. The lowest BCUT2D eigenvalue weighted by Gasteiger charge is -2.30. The summed E-state index contributed by atoms with van der Waals surface area (Å²) < 4.78 is 5.33. The fraction of sp³-hybridized carbons (Fsp3) is 0.304. The van der Waals surface area contributed by atoms with Crippen molar-refractivity contribution in [1.82, 2.24) is 10.6 Å². The number of benzene rings is 2. The maximum absolute atomic E-state index is 12.9. The van der Waals surface area contributed by atoms with Gasteiger partial charge >= 0.3 is 12.0 Å². The molecule has 6 nitrogen and oxygen atoms in total. The molecule has 0 spiro atoms. The number of hydrogen-bond acceptors (Lipinski definition) is 4. The normalized spacial score (nSPS) is 19.0. The third-order valence-corrected chi connectivity index (χ3v) is 5.33. The van der Waals surface area contributed by atoms with Crippen molar-refractivity contribution in [3.8, 4) is 0 Å². The van der Waals surface area contributed by atoms with Gasteiger partial charge in [-0.1, -0.05) is 42.5 Å². The standard InChI is InChI=1S/C23H25N3O3/c1-2-29-22(27)19-20(16-8-4-3-5-9-16)24-23(28)25-21(19)17-10-12-18(13-11-17)26-14-6-7-15-26/h3-5,8-13,21H,2,6-7,14-15H2,1H3,(H2,24,25,28). The molecule has 0 aliphatic carbocycles. The Hall–Kier alpha value is -3.28. The zero-order valence-corrected chi connectivity index (χ0v) is 16.5. The molecule has 1 fully saturated rings. The van der Waals surface area contributed by atoms with E-state index in [9.17, 15) is 9.59 Å². The second-order valence-corrected chi connectivity index (χ2v) is 7.19. The van der Waals surface area contributed by atoms with Gasteiger partial charge in [-0.25, -0.2) is 9.59 Å². The van der Waals surface area contributed by atoms with Crippen LogP contribution in [0.3, 0.4) is 0 Å². The van der Waals surface area contributed by atoms with Crippen LogP contribution in [0.25, 0.3) is 5.70 Å². The van der Waals surface area contributed by atoms with Crippen molar-refractivity contribution in [3.05, 3.63) is 71.3 Å². The summed E-state index contributed by atoms with van der Waals surface area (Å²) in [6.45, 7) is 4.17. The van der Waals surface area contributed by atoms with Crippen LogP contribution in [0, 0.1) is 0 Å². The Labute approximate surface area is 170 Å². The van der Waals surface area contributed by atoms with E-state index in [0.29, 0.717) is 11.3 Å². The van der Waals surface area contributed by atoms with Gasteiger partial charge < -0.3 is 20.3 Å². The van der Waals surface area contributed by atoms with E-state index in [1.165, 1.54) is 12.8 Å². The van der Waals surface area contributed by atoms with Crippen molar-refractivity contribution in [2.24, 2.45) is 0 Å². The van der Waals surface area contributed by atoms with Crippen LogP contribution in [0.1, 0.15) is 36.9 Å². The second kappa shape index (κ2) is 8.39. The van der Waals surface area contributed by atoms with Gasteiger partial charge in [-0.15, -0.1) is 0 Å². The Morgan fingerprint density at radius 3 is 2.41 bits per heavy atom. The second-order valence-electron chi connectivity index (χ2n) is 7.19. The first-order valence-electron chi connectivity index (χ1n) is 10.1. The number of hydrogen-bond donors (Lipinski definition) is 2. The lowest BCUT2D eigenvalue weighted by atomic mass is 9.92. The fourth-order valence-electron chi connectivity index (χ4n) is 3.93. The topological polar surface area (TPSA) is 70.7 Å². The highest BCUT2D eigenvalue weighted by atomic mass is 16.5. The first-order valence-corrected chi connectivity index (χ1v) is 10.1. The smallest absolute Gasteiger partial charge is 0.338 e. The number of rotatable bonds is 5. The molecule has 0 aromatic heterocycles. The maximum atomic E-state index is 12.9. The van der Waals surface area contributed by atoms with E-state index in [1.54, 1.807) is 6.92 Å². The molecule has 6 heteroatoms. The van der Waals surface area contributed by atoms with Gasteiger partial charge in [0.05, 0.1) is 23.9 Å². The van der Waals surface area contributed by atoms with Crippen LogP contribution in [-0.2, 0) is 9.53 Å². The van der Waals surface area contributed by atoms with Gasteiger partial charge in [0.2, 0.25) is 0 Å². The van der Waals surface area contributed by atoms with Gasteiger partial charge in [0, 0.05) is 18.8 Å². The monoisotopic (exact) mass is 391 g/mol. The highest BCUT2D eigenvalue weighted by Crippen LogP contribution is 2.33. The molecule has 2 N–H and O–H groups in total. The molecule has 150 valence electrons. The molecule has 2 aromatic carbocycles. The third kappa shape index (κ3) is 3.97. The van der Waals surface area contributed by atoms with Crippen LogP contribution in [0.5, 0.6) is 0 Å². The quantitative estimate of drug-likeness (QED) is 0.764. The Morgan fingerprint density at radius 2 is 1.76 bits per heavy atom. The molecule has 2 heterocycles. The number of anilines is 1. The molecule has 2 amide bonds. The molecule has 4 rings (SSSR count). The van der Waals surface area contributed by atoms with Gasteiger partial charge in [-0.3, -0.25) is 0 Å². The average Bonchev–Trinajstić information content (AvgIpc) is 3.29. The van der Waals surface area contributed by atoms with E-state index in [0.717, 1.165) is 29.9 Å². The summed E-state index contributed by atoms with van der Waals surface area (Å²) in [5, 5.41) is 5.69. The summed E-state index contributed by atoms with van der Waals surface area (Å²) in [5.74, 6) is -0.438. The minimum Gasteiger partial charge on any atom is -0.463 e. The van der Waals surface area contributed by atoms with Crippen LogP contribution < -0.4 is 15.5 Å². The van der Waals surface area contributed by atoms with E-state index < -0.39 is 12.0 Å². The summed E-state index contributed by atoms with van der Waals surface area (Å²) >= 11 is 0. The molecular formula is C23H25N3O3. The van der Waals surface area contributed by atoms with E-state index in [-0.39, 0.29) is 12.6 Å². The van der Waals surface area contributed by atoms with Gasteiger partial charge in [0.1, 0.15) is 0 Å². The Balaban J connectivity index is 1.75. The predicted octanol–water partition coefficient (Wildman–Crippen LogP) is 3.62. The molecular weight excluding hydrogens is 366 g/mol. The first kappa shape index (κ1) is 19.1. The fourth-order valence-corrected chi connectivity index (χ4v) is 3.93. The van der Waals surface area contributed by atoms with Crippen molar-refractivity contribution >= 4 is 23.4 Å². The number of nitrogens with one attached hydrogen (secondary N) is 2. The molecule has 1 saturated heterocycles. The summed E-state index contributed by atoms with van der Waals surface area (Å²) in [6, 6.07) is 16.5.